The van der Waals surface area contributed by atoms with Gasteiger partial charge in [0, 0.05) is 18.1 Å². The normalized spacial score (nSPS) is 11.2. The molecule has 0 spiro atoms. The Bertz CT molecular complexity index is 499. The molecule has 0 aliphatic carbocycles. The van der Waals surface area contributed by atoms with Crippen molar-refractivity contribution in [2.75, 3.05) is 0 Å². The lowest BCUT2D eigenvalue weighted by Crippen LogP contribution is -1.97. The van der Waals surface area contributed by atoms with Crippen LogP contribution in [-0.2, 0) is 13.0 Å². The van der Waals surface area contributed by atoms with Gasteiger partial charge in [0.2, 0.25) is 0 Å². The summed E-state index contributed by atoms with van der Waals surface area (Å²) in [4.78, 5) is 0. The summed E-state index contributed by atoms with van der Waals surface area (Å²) in [6.45, 7) is 5.23. The number of nitrogens with zero attached hydrogens (tertiary/aromatic N) is 1. The number of fused-ring (bicyclic) bond motifs is 1. The smallest absolute Gasteiger partial charge is 0.147 e. The molecule has 1 aromatic carbocycles. The molecule has 1 nitrogen and oxygen atoms in total. The number of halogens is 1. The molecular weight excluding hydrogens is 213 g/mol. The van der Waals surface area contributed by atoms with Gasteiger partial charge in [0.1, 0.15) is 5.82 Å². The fraction of sp³-hybridized carbons (Fsp3) is 0.467. The van der Waals surface area contributed by atoms with Gasteiger partial charge in [0.05, 0.1) is 5.52 Å². The summed E-state index contributed by atoms with van der Waals surface area (Å²) in [5, 5.41) is 1.07. The molecule has 0 saturated carbocycles. The molecule has 0 fully saturated rings. The number of aromatic nitrogens is 1. The molecule has 0 aliphatic heterocycles. The van der Waals surface area contributed by atoms with E-state index in [-0.39, 0.29) is 5.82 Å². The lowest BCUT2D eigenvalue weighted by atomic mass is 10.1. The fourth-order valence-electron chi connectivity index (χ4n) is 2.38. The van der Waals surface area contributed by atoms with E-state index in [4.69, 9.17) is 0 Å². The van der Waals surface area contributed by atoms with Gasteiger partial charge in [-0.15, -0.1) is 0 Å². The average Bonchev–Trinajstić information content (AvgIpc) is 2.69. The molecule has 0 unspecified atom stereocenters. The van der Waals surface area contributed by atoms with E-state index < -0.39 is 0 Å². The van der Waals surface area contributed by atoms with Crippen LogP contribution in [0.2, 0.25) is 0 Å². The lowest BCUT2D eigenvalue weighted by Gasteiger charge is -2.05. The van der Waals surface area contributed by atoms with E-state index in [1.165, 1.54) is 18.4 Å². The minimum Gasteiger partial charge on any atom is -0.345 e. The number of benzene rings is 1. The van der Waals surface area contributed by atoms with Crippen LogP contribution in [0.4, 0.5) is 4.39 Å². The SMILES string of the molecule is CCCCCn1cc(CC)c2cccc(F)c21. The second-order valence-electron chi connectivity index (χ2n) is 4.54. The number of aryl methyl sites for hydroxylation is 2. The van der Waals surface area contributed by atoms with E-state index in [2.05, 4.69) is 24.6 Å². The van der Waals surface area contributed by atoms with E-state index in [1.54, 1.807) is 12.1 Å². The third-order valence-corrected chi connectivity index (χ3v) is 3.32. The monoisotopic (exact) mass is 233 g/mol. The van der Waals surface area contributed by atoms with Crippen LogP contribution in [0.3, 0.4) is 0 Å². The maximum absolute atomic E-state index is 13.9. The van der Waals surface area contributed by atoms with Crippen LogP contribution in [0.1, 0.15) is 38.7 Å². The molecule has 2 aromatic rings. The summed E-state index contributed by atoms with van der Waals surface area (Å²) in [7, 11) is 0. The molecule has 17 heavy (non-hydrogen) atoms. The summed E-state index contributed by atoms with van der Waals surface area (Å²) in [5.41, 5.74) is 2.02. The van der Waals surface area contributed by atoms with E-state index in [1.807, 2.05) is 6.07 Å². The topological polar surface area (TPSA) is 4.93 Å². The van der Waals surface area contributed by atoms with Gasteiger partial charge in [0.15, 0.2) is 0 Å². The predicted molar refractivity (Wildman–Crippen MR) is 70.8 cm³/mol. The van der Waals surface area contributed by atoms with Gasteiger partial charge in [-0.3, -0.25) is 0 Å². The second kappa shape index (κ2) is 5.35. The van der Waals surface area contributed by atoms with Crippen molar-refractivity contribution in [3.63, 3.8) is 0 Å². The zero-order chi connectivity index (χ0) is 12.3. The third kappa shape index (κ3) is 2.36. The van der Waals surface area contributed by atoms with Crippen molar-refractivity contribution in [3.8, 4) is 0 Å². The number of unbranched alkanes of at least 4 members (excludes halogenated alkanes) is 2. The Hall–Kier alpha value is -1.31. The standard InChI is InChI=1S/C15H20FN/c1-3-5-6-10-17-11-12(4-2)13-8-7-9-14(16)15(13)17/h7-9,11H,3-6,10H2,1-2H3. The van der Waals surface area contributed by atoms with E-state index in [9.17, 15) is 4.39 Å². The highest BCUT2D eigenvalue weighted by Crippen LogP contribution is 2.24. The first kappa shape index (κ1) is 12.2. The van der Waals surface area contributed by atoms with Gasteiger partial charge >= 0.3 is 0 Å². The minimum absolute atomic E-state index is 0.0984. The summed E-state index contributed by atoms with van der Waals surface area (Å²) < 4.78 is 16.0. The van der Waals surface area contributed by atoms with Gasteiger partial charge in [-0.1, -0.05) is 38.8 Å². The van der Waals surface area contributed by atoms with Crippen LogP contribution in [0.5, 0.6) is 0 Å². The van der Waals surface area contributed by atoms with Crippen LogP contribution in [-0.4, -0.2) is 4.57 Å². The molecule has 2 heteroatoms. The number of hydrogen-bond acceptors (Lipinski definition) is 0. The Morgan fingerprint density at radius 3 is 2.71 bits per heavy atom. The summed E-state index contributed by atoms with van der Waals surface area (Å²) in [6, 6.07) is 5.37. The van der Waals surface area contributed by atoms with Crippen molar-refractivity contribution in [2.45, 2.75) is 46.1 Å². The van der Waals surface area contributed by atoms with Crippen LogP contribution in [0, 0.1) is 5.82 Å². The summed E-state index contributed by atoms with van der Waals surface area (Å²) >= 11 is 0. The molecule has 0 N–H and O–H groups in total. The Labute approximate surface area is 102 Å². The maximum Gasteiger partial charge on any atom is 0.147 e. The quantitative estimate of drug-likeness (QED) is 0.668. The van der Waals surface area contributed by atoms with E-state index in [0.717, 1.165) is 30.3 Å². The first-order valence-corrected chi connectivity index (χ1v) is 6.54. The van der Waals surface area contributed by atoms with E-state index in [0.29, 0.717) is 0 Å². The molecule has 92 valence electrons. The van der Waals surface area contributed by atoms with Crippen molar-refractivity contribution in [1.82, 2.24) is 4.57 Å². The molecule has 0 saturated heterocycles. The molecule has 0 aliphatic rings. The first-order chi connectivity index (χ1) is 8.27. The van der Waals surface area contributed by atoms with Crippen molar-refractivity contribution < 1.29 is 4.39 Å². The Kier molecular flexibility index (Phi) is 3.82. The Balaban J connectivity index is 2.40. The molecule has 0 bridgehead atoms. The van der Waals surface area contributed by atoms with Gasteiger partial charge < -0.3 is 4.57 Å². The summed E-state index contributed by atoms with van der Waals surface area (Å²) in [5.74, 6) is -0.0984. The predicted octanol–water partition coefficient (Wildman–Crippen LogP) is 4.53. The van der Waals surface area contributed by atoms with Crippen LogP contribution in [0.15, 0.2) is 24.4 Å². The average molecular weight is 233 g/mol. The summed E-state index contributed by atoms with van der Waals surface area (Å²) in [6.07, 6.45) is 6.60. The molecule has 1 heterocycles. The highest BCUT2D eigenvalue weighted by molar-refractivity contribution is 5.84. The van der Waals surface area contributed by atoms with Crippen LogP contribution < -0.4 is 0 Å². The number of hydrogen-bond donors (Lipinski definition) is 0. The van der Waals surface area contributed by atoms with Crippen molar-refractivity contribution in [3.05, 3.63) is 35.8 Å². The molecule has 0 amide bonds. The Morgan fingerprint density at radius 1 is 1.18 bits per heavy atom. The van der Waals surface area contributed by atoms with Crippen LogP contribution in [0.25, 0.3) is 10.9 Å². The first-order valence-electron chi connectivity index (χ1n) is 6.54. The number of para-hydroxylation sites is 1. The Morgan fingerprint density at radius 2 is 2.00 bits per heavy atom. The molecule has 2 rings (SSSR count). The largest absolute Gasteiger partial charge is 0.345 e. The second-order valence-corrected chi connectivity index (χ2v) is 4.54. The molecule has 0 radical (unpaired) electrons. The highest BCUT2D eigenvalue weighted by Gasteiger charge is 2.10. The maximum atomic E-state index is 13.9. The lowest BCUT2D eigenvalue weighted by molar-refractivity contribution is 0.592. The van der Waals surface area contributed by atoms with Gasteiger partial charge in [-0.2, -0.15) is 0 Å². The van der Waals surface area contributed by atoms with Gasteiger partial charge in [0.25, 0.3) is 0 Å². The molecular formula is C15H20FN. The van der Waals surface area contributed by atoms with Crippen molar-refractivity contribution in [1.29, 1.82) is 0 Å². The molecule has 1 aromatic heterocycles. The van der Waals surface area contributed by atoms with Gasteiger partial charge in [-0.25, -0.2) is 4.39 Å². The van der Waals surface area contributed by atoms with Gasteiger partial charge in [-0.05, 0) is 24.5 Å². The zero-order valence-electron chi connectivity index (χ0n) is 10.7. The van der Waals surface area contributed by atoms with Crippen molar-refractivity contribution >= 4 is 10.9 Å². The minimum atomic E-state index is -0.0984. The zero-order valence-corrected chi connectivity index (χ0v) is 10.7. The van der Waals surface area contributed by atoms with Crippen LogP contribution >= 0.6 is 0 Å². The fourth-order valence-corrected chi connectivity index (χ4v) is 2.38. The van der Waals surface area contributed by atoms with E-state index >= 15 is 0 Å². The highest BCUT2D eigenvalue weighted by atomic mass is 19.1. The molecule has 0 atom stereocenters. The third-order valence-electron chi connectivity index (χ3n) is 3.32. The van der Waals surface area contributed by atoms with Crippen molar-refractivity contribution in [2.24, 2.45) is 0 Å². The number of rotatable bonds is 5.